The lowest BCUT2D eigenvalue weighted by Gasteiger charge is -2.09. The molecule has 0 fully saturated rings. The molecule has 1 N–H and O–H groups in total. The summed E-state index contributed by atoms with van der Waals surface area (Å²) in [6, 6.07) is 8.27. The summed E-state index contributed by atoms with van der Waals surface area (Å²) >= 11 is 0. The average Bonchev–Trinajstić information content (AvgIpc) is 2.67. The van der Waals surface area contributed by atoms with Crippen molar-refractivity contribution in [3.05, 3.63) is 35.6 Å². The zero-order valence-electron chi connectivity index (χ0n) is 11.5. The monoisotopic (exact) mass is 246 g/mol. The highest BCUT2D eigenvalue weighted by molar-refractivity contribution is 5.82. The molecule has 0 aliphatic heterocycles. The van der Waals surface area contributed by atoms with Crippen molar-refractivity contribution in [2.75, 3.05) is 20.6 Å². The minimum Gasteiger partial charge on any atom is -0.459 e. The number of hydrogen-bond acceptors (Lipinski definition) is 3. The zero-order chi connectivity index (χ0) is 13.0. The fraction of sp³-hybridized carbons (Fsp3) is 0.467. The molecule has 1 aromatic heterocycles. The minimum atomic E-state index is 0.845. The highest BCUT2D eigenvalue weighted by Crippen LogP contribution is 2.26. The molecule has 0 amide bonds. The van der Waals surface area contributed by atoms with Crippen LogP contribution in [0.4, 0.5) is 0 Å². The molecule has 0 atom stereocenters. The van der Waals surface area contributed by atoms with Crippen molar-refractivity contribution in [3.63, 3.8) is 0 Å². The second-order valence-electron chi connectivity index (χ2n) is 4.91. The van der Waals surface area contributed by atoms with Gasteiger partial charge >= 0.3 is 0 Å². The van der Waals surface area contributed by atoms with Crippen LogP contribution in [0.25, 0.3) is 11.0 Å². The van der Waals surface area contributed by atoms with Crippen LogP contribution in [0.3, 0.4) is 0 Å². The third-order valence-electron chi connectivity index (χ3n) is 2.97. The van der Waals surface area contributed by atoms with Crippen molar-refractivity contribution in [2.45, 2.75) is 26.4 Å². The van der Waals surface area contributed by atoms with Crippen LogP contribution >= 0.6 is 0 Å². The fourth-order valence-electron chi connectivity index (χ4n) is 2.15. The number of nitrogens with zero attached hydrogens (tertiary/aromatic N) is 1. The quantitative estimate of drug-likeness (QED) is 0.794. The maximum absolute atomic E-state index is 5.96. The van der Waals surface area contributed by atoms with Gasteiger partial charge in [0.25, 0.3) is 0 Å². The van der Waals surface area contributed by atoms with Crippen LogP contribution in [-0.4, -0.2) is 25.5 Å². The van der Waals surface area contributed by atoms with Crippen molar-refractivity contribution in [1.82, 2.24) is 10.2 Å². The Hall–Kier alpha value is -1.32. The smallest absolute Gasteiger partial charge is 0.134 e. The van der Waals surface area contributed by atoms with E-state index in [0.717, 1.165) is 37.4 Å². The van der Waals surface area contributed by atoms with Crippen LogP contribution in [0.15, 0.2) is 28.7 Å². The molecule has 0 aliphatic rings. The standard InChI is InChI=1S/C15H22N2O/c1-4-9-16-10-13-12-7-5-6-8-14(12)18-15(13)11-17(2)3/h5-8,16H,4,9-11H2,1-3H3. The summed E-state index contributed by atoms with van der Waals surface area (Å²) in [5.74, 6) is 1.07. The van der Waals surface area contributed by atoms with Gasteiger partial charge in [0.15, 0.2) is 0 Å². The number of nitrogens with one attached hydrogen (secondary N) is 1. The SMILES string of the molecule is CCCNCc1c(CN(C)C)oc2ccccc12. The molecule has 1 heterocycles. The van der Waals surface area contributed by atoms with E-state index in [1.54, 1.807) is 0 Å². The normalized spacial score (nSPS) is 11.6. The summed E-state index contributed by atoms with van der Waals surface area (Å²) < 4.78 is 5.96. The first-order chi connectivity index (χ1) is 8.72. The van der Waals surface area contributed by atoms with Gasteiger partial charge in [0.05, 0.1) is 6.54 Å². The van der Waals surface area contributed by atoms with E-state index in [1.807, 2.05) is 12.1 Å². The Morgan fingerprint density at radius 3 is 2.72 bits per heavy atom. The van der Waals surface area contributed by atoms with E-state index in [-0.39, 0.29) is 0 Å². The molecule has 0 saturated carbocycles. The highest BCUT2D eigenvalue weighted by Gasteiger charge is 2.13. The van der Waals surface area contributed by atoms with Crippen LogP contribution in [0.2, 0.25) is 0 Å². The molecule has 0 bridgehead atoms. The molecule has 0 radical (unpaired) electrons. The second kappa shape index (κ2) is 6.03. The van der Waals surface area contributed by atoms with Crippen molar-refractivity contribution >= 4 is 11.0 Å². The van der Waals surface area contributed by atoms with Crippen molar-refractivity contribution in [1.29, 1.82) is 0 Å². The summed E-state index contributed by atoms with van der Waals surface area (Å²) in [4.78, 5) is 2.14. The van der Waals surface area contributed by atoms with Crippen LogP contribution < -0.4 is 5.32 Å². The first-order valence-corrected chi connectivity index (χ1v) is 6.57. The third kappa shape index (κ3) is 2.92. The van der Waals surface area contributed by atoms with Crippen LogP contribution in [0.5, 0.6) is 0 Å². The number of rotatable bonds is 6. The Kier molecular flexibility index (Phi) is 4.39. The van der Waals surface area contributed by atoms with Gasteiger partial charge in [0.1, 0.15) is 11.3 Å². The van der Waals surface area contributed by atoms with Gasteiger partial charge in [-0.05, 0) is 33.1 Å². The first-order valence-electron chi connectivity index (χ1n) is 6.57. The van der Waals surface area contributed by atoms with Gasteiger partial charge in [-0.15, -0.1) is 0 Å². The first kappa shape index (κ1) is 13.1. The van der Waals surface area contributed by atoms with Gasteiger partial charge in [0, 0.05) is 17.5 Å². The predicted molar refractivity (Wildman–Crippen MR) is 75.6 cm³/mol. The van der Waals surface area contributed by atoms with Crippen molar-refractivity contribution < 1.29 is 4.42 Å². The molecule has 0 aliphatic carbocycles. The van der Waals surface area contributed by atoms with E-state index in [4.69, 9.17) is 4.42 Å². The molecule has 1 aromatic carbocycles. The summed E-state index contributed by atoms with van der Waals surface area (Å²) in [5.41, 5.74) is 2.29. The maximum Gasteiger partial charge on any atom is 0.134 e. The number of hydrogen-bond donors (Lipinski definition) is 1. The zero-order valence-corrected chi connectivity index (χ0v) is 11.5. The van der Waals surface area contributed by atoms with Gasteiger partial charge < -0.3 is 14.6 Å². The molecule has 0 saturated heterocycles. The highest BCUT2D eigenvalue weighted by atomic mass is 16.3. The maximum atomic E-state index is 5.96. The summed E-state index contributed by atoms with van der Waals surface area (Å²) in [6.07, 6.45) is 1.15. The molecule has 2 aromatic rings. The lowest BCUT2D eigenvalue weighted by atomic mass is 10.1. The minimum absolute atomic E-state index is 0.845. The van der Waals surface area contributed by atoms with E-state index >= 15 is 0 Å². The van der Waals surface area contributed by atoms with E-state index in [2.05, 4.69) is 43.4 Å². The number of furan rings is 1. The fourth-order valence-corrected chi connectivity index (χ4v) is 2.15. The van der Waals surface area contributed by atoms with Crippen molar-refractivity contribution in [3.8, 4) is 0 Å². The van der Waals surface area contributed by atoms with E-state index in [0.29, 0.717) is 0 Å². The lowest BCUT2D eigenvalue weighted by molar-refractivity contribution is 0.354. The Bertz CT molecular complexity index is 502. The average molecular weight is 246 g/mol. The van der Waals surface area contributed by atoms with Crippen LogP contribution in [0, 0.1) is 0 Å². The Labute approximate surface area is 109 Å². The van der Waals surface area contributed by atoms with Gasteiger partial charge in [-0.3, -0.25) is 0 Å². The van der Waals surface area contributed by atoms with Gasteiger partial charge in [-0.1, -0.05) is 25.1 Å². The second-order valence-corrected chi connectivity index (χ2v) is 4.91. The number of para-hydroxylation sites is 1. The number of fused-ring (bicyclic) bond motifs is 1. The molecule has 0 spiro atoms. The van der Waals surface area contributed by atoms with Crippen LogP contribution in [0.1, 0.15) is 24.7 Å². The topological polar surface area (TPSA) is 28.4 Å². The molecule has 18 heavy (non-hydrogen) atoms. The molecular weight excluding hydrogens is 224 g/mol. The summed E-state index contributed by atoms with van der Waals surface area (Å²) in [6.45, 7) is 4.95. The molecule has 0 unspecified atom stereocenters. The van der Waals surface area contributed by atoms with Gasteiger partial charge in [0.2, 0.25) is 0 Å². The molecule has 2 rings (SSSR count). The van der Waals surface area contributed by atoms with E-state index < -0.39 is 0 Å². The summed E-state index contributed by atoms with van der Waals surface area (Å²) in [7, 11) is 4.13. The van der Waals surface area contributed by atoms with Gasteiger partial charge in [-0.2, -0.15) is 0 Å². The Morgan fingerprint density at radius 1 is 1.22 bits per heavy atom. The number of benzene rings is 1. The van der Waals surface area contributed by atoms with Crippen LogP contribution in [-0.2, 0) is 13.1 Å². The molecule has 3 nitrogen and oxygen atoms in total. The van der Waals surface area contributed by atoms with Crippen molar-refractivity contribution in [2.24, 2.45) is 0 Å². The molecule has 3 heteroatoms. The molecule has 98 valence electrons. The Balaban J connectivity index is 2.31. The lowest BCUT2D eigenvalue weighted by Crippen LogP contribution is -2.17. The Morgan fingerprint density at radius 2 is 2.00 bits per heavy atom. The van der Waals surface area contributed by atoms with E-state index in [1.165, 1.54) is 10.9 Å². The largest absolute Gasteiger partial charge is 0.459 e. The third-order valence-corrected chi connectivity index (χ3v) is 2.97. The van der Waals surface area contributed by atoms with Gasteiger partial charge in [-0.25, -0.2) is 0 Å². The molecular formula is C15H22N2O. The predicted octanol–water partition coefficient (Wildman–Crippen LogP) is 2.99. The summed E-state index contributed by atoms with van der Waals surface area (Å²) in [5, 5.41) is 4.70. The van der Waals surface area contributed by atoms with E-state index in [9.17, 15) is 0 Å².